The number of carbonyl (C=O) groups excluding carboxylic acids is 1. The number of benzene rings is 6. The highest BCUT2D eigenvalue weighted by Gasteiger charge is 2.36. The van der Waals surface area contributed by atoms with Crippen LogP contribution in [0, 0.1) is 97.8 Å². The van der Waals surface area contributed by atoms with Crippen LogP contribution in [0.3, 0.4) is 0 Å². The van der Waals surface area contributed by atoms with Crippen LogP contribution in [-0.2, 0) is 63.6 Å². The molecule has 1 amide bonds. The number of hydrogen-bond acceptors (Lipinski definition) is 22. The summed E-state index contributed by atoms with van der Waals surface area (Å²) in [5, 5.41) is 56.7. The summed E-state index contributed by atoms with van der Waals surface area (Å²) in [6, 6.07) is 46.3. The van der Waals surface area contributed by atoms with Crippen molar-refractivity contribution in [2.75, 3.05) is 81.8 Å². The highest BCUT2D eigenvalue weighted by molar-refractivity contribution is 5.87. The van der Waals surface area contributed by atoms with Crippen LogP contribution in [0.25, 0.3) is 32.7 Å². The molecule has 6 aliphatic rings. The minimum Gasteiger partial charge on any atom is -0.444 e. The van der Waals surface area contributed by atoms with E-state index < -0.39 is 17.8 Å². The second-order valence-electron chi connectivity index (χ2n) is 38.4. The van der Waals surface area contributed by atoms with Gasteiger partial charge < -0.3 is 50.3 Å². The smallest absolute Gasteiger partial charge is 0.407 e. The van der Waals surface area contributed by atoms with Gasteiger partial charge >= 0.3 is 6.09 Å². The summed E-state index contributed by atoms with van der Waals surface area (Å²) in [6.07, 6.45) is 14.8. The van der Waals surface area contributed by atoms with E-state index in [0.717, 1.165) is 120 Å². The molecule has 6 aromatic carbocycles. The van der Waals surface area contributed by atoms with Gasteiger partial charge in [0.2, 0.25) is 0 Å². The normalized spacial score (nSPS) is 15.3. The molecule has 0 saturated heterocycles. The Hall–Kier alpha value is -11.3. The van der Waals surface area contributed by atoms with E-state index in [-0.39, 0.29) is 0 Å². The van der Waals surface area contributed by atoms with Gasteiger partial charge in [-0.3, -0.25) is 0 Å². The molecule has 6 aliphatic carbocycles. The average molecular weight is 1690 g/mol. The molecule has 0 aliphatic heterocycles. The van der Waals surface area contributed by atoms with Crippen LogP contribution in [0.4, 0.5) is 40.1 Å². The Balaban J connectivity index is 0.000000139. The molecular weight excluding hydrogens is 1560 g/mol. The molecule has 1 unspecified atom stereocenters. The Morgan fingerprint density at radius 3 is 1.01 bits per heavy atom. The maximum Gasteiger partial charge on any atom is 0.407 e. The number of rotatable bonds is 37. The van der Waals surface area contributed by atoms with Gasteiger partial charge in [0.05, 0.1) is 42.3 Å². The summed E-state index contributed by atoms with van der Waals surface area (Å²) in [6.45, 7) is 38.9. The van der Waals surface area contributed by atoms with Crippen LogP contribution in [0.1, 0.15) is 188 Å². The maximum atomic E-state index is 12.1. The van der Waals surface area contributed by atoms with Crippen molar-refractivity contribution in [2.45, 2.75) is 238 Å². The lowest BCUT2D eigenvalue weighted by Gasteiger charge is -2.29. The Morgan fingerprint density at radius 1 is 0.424 bits per heavy atom. The van der Waals surface area contributed by atoms with E-state index in [9.17, 15) is 9.90 Å². The quantitative estimate of drug-likeness (QED) is 0.0326. The minimum atomic E-state index is -0.556. The first-order chi connectivity index (χ1) is 60.2. The number of nitrogens with two attached hydrogens (primary N) is 1. The van der Waals surface area contributed by atoms with Crippen molar-refractivity contribution >= 4 is 74.1 Å². The van der Waals surface area contributed by atoms with Crippen LogP contribution >= 0.6 is 0 Å². The molecule has 12 aromatic rings. The SMILES string of the molecule is Cc1cc(C)cc(CN(Cc2cc3cccc(C)c3nc2N(CC2CC2)CC2CC2)c2nnn(CC(C)O)n2)c1.Cc1cc(C)cc(CN(Cc2cc3cccc(C)c3nc2N(CC2CC2)CC2CC2)c2nnn(CCN)n2)c1.Cc1cc(C)cc(CN(Cc2cc3cccc(C)c3nc2N(CC2CC2)CC2CC2)c2nnn(CCNC(=O)OC(C)(C)C)n2)c1. The summed E-state index contributed by atoms with van der Waals surface area (Å²) < 4.78 is 5.36. The van der Waals surface area contributed by atoms with Gasteiger partial charge in [0, 0.05) is 124 Å². The standard InChI is InChI=1S/C36H48N8O2.C32H41N7O.C31H40N8/c1-24-16-25(2)18-29(17-24)22-43(34-39-41-44(40-34)15-14-37-35(45)46-36(4,5)6)23-31-19-30-9-7-8-26(3)32(30)38-33(31)42(20-27-10-11-27)21-28-12-13-28;1-21-12-22(2)14-27(13-21)19-38(32-34-36-39(35-32)16-24(4)40)20-29-15-28-7-5-6-23(3)30(28)33-31(29)37(17-25-8-9-25)18-26-10-11-26;1-21-13-22(2)15-26(14-21)19-38(31-34-36-39(35-31)12-11-32)20-28-16-27-6-4-5-23(3)29(27)33-30(28)37(17-24-7-8-24)18-25-9-10-25/h7-9,16-19,27-28H,10-15,20-23H2,1-6H3,(H,37,45);5-7,12-15,24-26,40H,8-11,16-20H2,1-4H3;4-6,13-16,24-25H,7-12,17-20,32H2,1-3H3. The summed E-state index contributed by atoms with van der Waals surface area (Å²) in [5.74, 6) is 9.65. The van der Waals surface area contributed by atoms with Gasteiger partial charge in [-0.25, -0.2) is 19.7 Å². The predicted octanol–water partition coefficient (Wildman–Crippen LogP) is 16.8. The number of pyridine rings is 3. The number of carbonyl (C=O) groups is 1. The van der Waals surface area contributed by atoms with Crippen LogP contribution in [0.2, 0.25) is 0 Å². The summed E-state index contributed by atoms with van der Waals surface area (Å²) in [7, 11) is 0. The van der Waals surface area contributed by atoms with Gasteiger partial charge in [0.25, 0.3) is 17.8 Å². The molecule has 125 heavy (non-hydrogen) atoms. The Bertz CT molecular complexity index is 5630. The largest absolute Gasteiger partial charge is 0.444 e. The number of hydrogen-bond donors (Lipinski definition) is 3. The van der Waals surface area contributed by atoms with Crippen molar-refractivity contribution in [1.29, 1.82) is 0 Å². The number of amides is 1. The topological polar surface area (TPSA) is 273 Å². The lowest BCUT2D eigenvalue weighted by Crippen LogP contribution is -2.34. The molecule has 18 rings (SSSR count). The fraction of sp³-hybridized carbons (Fsp3) is 0.505. The first-order valence-corrected chi connectivity index (χ1v) is 45.8. The van der Waals surface area contributed by atoms with E-state index in [4.69, 9.17) is 35.6 Å². The van der Waals surface area contributed by atoms with E-state index in [1.165, 1.54) is 175 Å². The number of aryl methyl sites for hydroxylation is 9. The third kappa shape index (κ3) is 24.5. The van der Waals surface area contributed by atoms with Crippen molar-refractivity contribution in [3.63, 3.8) is 0 Å². The first kappa shape index (κ1) is 87.2. The summed E-state index contributed by atoms with van der Waals surface area (Å²) >= 11 is 0. The lowest BCUT2D eigenvalue weighted by atomic mass is 10.1. The van der Waals surface area contributed by atoms with Crippen molar-refractivity contribution < 1.29 is 14.6 Å². The zero-order chi connectivity index (χ0) is 87.2. The molecule has 6 fully saturated rings. The highest BCUT2D eigenvalue weighted by Crippen LogP contribution is 2.42. The second-order valence-corrected chi connectivity index (χ2v) is 38.4. The van der Waals surface area contributed by atoms with E-state index in [0.29, 0.717) is 89.8 Å². The third-order valence-electron chi connectivity index (χ3n) is 24.2. The predicted molar refractivity (Wildman–Crippen MR) is 498 cm³/mol. The van der Waals surface area contributed by atoms with Gasteiger partial charge in [-0.05, 0) is 270 Å². The van der Waals surface area contributed by atoms with Gasteiger partial charge in [-0.15, -0.1) is 15.3 Å². The molecule has 6 aromatic heterocycles. The first-order valence-electron chi connectivity index (χ1n) is 45.8. The van der Waals surface area contributed by atoms with E-state index >= 15 is 0 Å². The van der Waals surface area contributed by atoms with Gasteiger partial charge in [0.15, 0.2) is 0 Å². The number of alkyl carbamates (subject to hydrolysis) is 1. The molecule has 6 saturated carbocycles. The summed E-state index contributed by atoms with van der Waals surface area (Å²) in [4.78, 5) is 47.3. The molecule has 0 radical (unpaired) electrons. The number of fused-ring (bicyclic) bond motifs is 3. The van der Waals surface area contributed by atoms with Crippen LogP contribution in [0.15, 0.2) is 127 Å². The fourth-order valence-electron chi connectivity index (χ4n) is 17.4. The van der Waals surface area contributed by atoms with Crippen molar-refractivity contribution in [3.8, 4) is 0 Å². The maximum absolute atomic E-state index is 12.1. The Labute approximate surface area is 737 Å². The van der Waals surface area contributed by atoms with Crippen LogP contribution < -0.4 is 40.4 Å². The number of para-hydroxylation sites is 3. The number of aromatic nitrogens is 15. The number of nitrogens with one attached hydrogen (secondary N) is 1. The number of aliphatic hydroxyl groups is 1. The number of anilines is 6. The Kier molecular flexibility index (Phi) is 27.0. The van der Waals surface area contributed by atoms with E-state index in [1.54, 1.807) is 11.7 Å². The number of aliphatic hydroxyl groups excluding tert-OH is 1. The van der Waals surface area contributed by atoms with E-state index in [2.05, 4.69) is 260 Å². The monoisotopic (exact) mass is 1690 g/mol. The minimum absolute atomic E-state index is 0.309. The number of ether oxygens (including phenoxy) is 1. The fourth-order valence-corrected chi connectivity index (χ4v) is 17.4. The van der Waals surface area contributed by atoms with Crippen molar-refractivity contribution in [2.24, 2.45) is 41.2 Å². The molecule has 658 valence electrons. The van der Waals surface area contributed by atoms with Crippen LogP contribution in [-0.4, -0.2) is 151 Å². The summed E-state index contributed by atoms with van der Waals surface area (Å²) in [5.41, 5.74) is 26.8. The number of tetrazole rings is 3. The van der Waals surface area contributed by atoms with Gasteiger partial charge in [-0.2, -0.15) is 14.4 Å². The second kappa shape index (κ2) is 38.7. The van der Waals surface area contributed by atoms with Crippen molar-refractivity contribution in [1.82, 2.24) is 80.9 Å². The lowest BCUT2D eigenvalue weighted by molar-refractivity contribution is 0.0524. The average Bonchev–Trinajstić information content (AvgIpc) is 1.03. The molecule has 26 heteroatoms. The Morgan fingerprint density at radius 2 is 0.720 bits per heavy atom. The third-order valence-corrected chi connectivity index (χ3v) is 24.2. The molecular formula is C99H129N23O3. The van der Waals surface area contributed by atoms with Crippen molar-refractivity contribution in [3.05, 3.63) is 211 Å². The molecule has 0 bridgehead atoms. The zero-order valence-corrected chi connectivity index (χ0v) is 75.9. The van der Waals surface area contributed by atoms with E-state index in [1.807, 2.05) is 20.8 Å². The van der Waals surface area contributed by atoms with Gasteiger partial charge in [0.1, 0.15) is 23.1 Å². The van der Waals surface area contributed by atoms with Crippen LogP contribution in [0.5, 0.6) is 0 Å². The molecule has 26 nitrogen and oxygen atoms in total. The molecule has 0 spiro atoms. The molecule has 1 atom stereocenters. The number of nitrogens with zero attached hydrogens (tertiary/aromatic N) is 21. The molecule has 4 N–H and O–H groups in total. The van der Waals surface area contributed by atoms with Gasteiger partial charge in [-0.1, -0.05) is 158 Å². The molecule has 6 heterocycles. The highest BCUT2D eigenvalue weighted by atomic mass is 16.6. The zero-order valence-electron chi connectivity index (χ0n) is 75.9.